The van der Waals surface area contributed by atoms with Crippen LogP contribution in [0, 0.1) is 23.3 Å². The highest BCUT2D eigenvalue weighted by Gasteiger charge is 2.10. The zero-order valence-electron chi connectivity index (χ0n) is 11.0. The predicted octanol–water partition coefficient (Wildman–Crippen LogP) is 4.86. The molecule has 0 aromatic heterocycles. The molecule has 122 valence electrons. The van der Waals surface area contributed by atoms with Crippen molar-refractivity contribution in [3.8, 4) is 0 Å². The van der Waals surface area contributed by atoms with Gasteiger partial charge in [0.25, 0.3) is 0 Å². The minimum Gasteiger partial charge on any atom is -0.411 e. The van der Waals surface area contributed by atoms with Crippen molar-refractivity contribution < 1.29 is 27.6 Å². The van der Waals surface area contributed by atoms with E-state index in [4.69, 9.17) is 28.4 Å². The van der Waals surface area contributed by atoms with Crippen LogP contribution in [-0.2, 0) is 0 Å². The van der Waals surface area contributed by atoms with E-state index < -0.39 is 38.9 Å². The third-order valence-corrected chi connectivity index (χ3v) is 3.23. The number of carbonyl (C=O) groups is 1. The highest BCUT2D eigenvalue weighted by molar-refractivity contribution is 6.33. The number of halogens is 6. The van der Waals surface area contributed by atoms with Crippen molar-refractivity contribution in [1.82, 2.24) is 0 Å². The molecule has 0 spiro atoms. The van der Waals surface area contributed by atoms with E-state index in [0.717, 1.165) is 30.5 Å². The van der Waals surface area contributed by atoms with Gasteiger partial charge in [0.15, 0.2) is 6.29 Å². The first-order chi connectivity index (χ1) is 10.8. The summed E-state index contributed by atoms with van der Waals surface area (Å²) >= 11 is 10.6. The molecular formula is C14H7Cl2F4NO2. The second kappa shape index (κ2) is 8.50. The quantitative estimate of drug-likeness (QED) is 0.206. The number of hydrogen-bond acceptors (Lipinski definition) is 3. The Balaban J connectivity index is 0.000000231. The lowest BCUT2D eigenvalue weighted by molar-refractivity contribution is 0.111. The summed E-state index contributed by atoms with van der Waals surface area (Å²) in [5, 5.41) is 9.77. The van der Waals surface area contributed by atoms with Crippen molar-refractivity contribution in [3.63, 3.8) is 0 Å². The van der Waals surface area contributed by atoms with Crippen LogP contribution in [0.3, 0.4) is 0 Å². The molecule has 0 atom stereocenters. The van der Waals surface area contributed by atoms with Crippen molar-refractivity contribution in [1.29, 1.82) is 0 Å². The summed E-state index contributed by atoms with van der Waals surface area (Å²) in [6, 6.07) is 3.51. The van der Waals surface area contributed by atoms with E-state index in [-0.39, 0.29) is 11.8 Å². The van der Waals surface area contributed by atoms with Crippen LogP contribution in [0.2, 0.25) is 10.0 Å². The van der Waals surface area contributed by atoms with Gasteiger partial charge in [0, 0.05) is 0 Å². The van der Waals surface area contributed by atoms with Crippen LogP contribution >= 0.6 is 23.2 Å². The van der Waals surface area contributed by atoms with Gasteiger partial charge in [-0.25, -0.2) is 17.6 Å². The molecule has 0 aliphatic heterocycles. The first-order valence-corrected chi connectivity index (χ1v) is 6.48. The number of aldehydes is 1. The second-order valence-electron chi connectivity index (χ2n) is 3.88. The van der Waals surface area contributed by atoms with Gasteiger partial charge in [-0.05, 0) is 24.3 Å². The summed E-state index contributed by atoms with van der Waals surface area (Å²) in [5.41, 5.74) is -0.703. The summed E-state index contributed by atoms with van der Waals surface area (Å²) < 4.78 is 50.4. The third kappa shape index (κ3) is 4.67. The summed E-state index contributed by atoms with van der Waals surface area (Å²) in [5.74, 6) is -3.10. The van der Waals surface area contributed by atoms with Crippen LogP contribution in [-0.4, -0.2) is 17.7 Å². The van der Waals surface area contributed by atoms with Gasteiger partial charge in [0.05, 0.1) is 27.4 Å². The molecule has 0 bridgehead atoms. The fourth-order valence-electron chi connectivity index (χ4n) is 1.37. The van der Waals surface area contributed by atoms with E-state index >= 15 is 0 Å². The average Bonchev–Trinajstić information content (AvgIpc) is 2.53. The van der Waals surface area contributed by atoms with Gasteiger partial charge in [-0.3, -0.25) is 4.79 Å². The topological polar surface area (TPSA) is 49.7 Å². The Bertz CT molecular complexity index is 754. The van der Waals surface area contributed by atoms with Crippen molar-refractivity contribution in [3.05, 3.63) is 68.7 Å². The maximum absolute atomic E-state index is 12.8. The fourth-order valence-corrected chi connectivity index (χ4v) is 1.77. The highest BCUT2D eigenvalue weighted by Crippen LogP contribution is 2.21. The summed E-state index contributed by atoms with van der Waals surface area (Å²) in [4.78, 5) is 10.1. The zero-order valence-corrected chi connectivity index (χ0v) is 12.5. The number of carbonyl (C=O) groups excluding carboxylic acids is 1. The maximum atomic E-state index is 12.8. The smallest absolute Gasteiger partial charge is 0.154 e. The molecule has 3 nitrogen and oxygen atoms in total. The molecule has 2 aromatic carbocycles. The fraction of sp³-hybridized carbons (Fsp3) is 0. The summed E-state index contributed by atoms with van der Waals surface area (Å²) in [6.07, 6.45) is 0.918. The first-order valence-electron chi connectivity index (χ1n) is 5.73. The lowest BCUT2D eigenvalue weighted by Crippen LogP contribution is -1.92. The van der Waals surface area contributed by atoms with Gasteiger partial charge in [0.2, 0.25) is 0 Å². The van der Waals surface area contributed by atoms with Gasteiger partial charge in [-0.1, -0.05) is 28.4 Å². The van der Waals surface area contributed by atoms with Crippen molar-refractivity contribution in [2.24, 2.45) is 5.16 Å². The van der Waals surface area contributed by atoms with Gasteiger partial charge in [-0.2, -0.15) is 0 Å². The minimum absolute atomic E-state index is 0.181. The lowest BCUT2D eigenvalue weighted by atomic mass is 10.2. The molecule has 0 aliphatic carbocycles. The number of rotatable bonds is 2. The van der Waals surface area contributed by atoms with Gasteiger partial charge < -0.3 is 5.21 Å². The normalized spacial score (nSPS) is 10.3. The van der Waals surface area contributed by atoms with E-state index in [2.05, 4.69) is 5.16 Å². The van der Waals surface area contributed by atoms with Crippen LogP contribution in [0.5, 0.6) is 0 Å². The summed E-state index contributed by atoms with van der Waals surface area (Å²) in [6.45, 7) is 0. The Morgan fingerprint density at radius 2 is 1.22 bits per heavy atom. The zero-order chi connectivity index (χ0) is 17.6. The number of hydrogen-bond donors (Lipinski definition) is 1. The molecule has 0 radical (unpaired) electrons. The number of benzene rings is 2. The molecule has 2 rings (SSSR count). The summed E-state index contributed by atoms with van der Waals surface area (Å²) in [7, 11) is 0. The average molecular weight is 368 g/mol. The van der Waals surface area contributed by atoms with Crippen LogP contribution in [0.15, 0.2) is 29.4 Å². The van der Waals surface area contributed by atoms with E-state index in [9.17, 15) is 22.4 Å². The minimum atomic E-state index is -0.814. The van der Waals surface area contributed by atoms with E-state index in [1.165, 1.54) is 0 Å². The molecule has 0 saturated carbocycles. The van der Waals surface area contributed by atoms with Crippen molar-refractivity contribution >= 4 is 35.7 Å². The first kappa shape index (κ1) is 18.9. The van der Waals surface area contributed by atoms with E-state index in [1.807, 2.05) is 0 Å². The molecule has 9 heteroatoms. The standard InChI is InChI=1S/C7H4ClF2NO.C7H3ClF2O/c8-7-4(3-11-12)5(9)1-2-6(7)10;8-7-4(3-11)5(9)1-2-6(7)10/h1-3,12H;1-3H. The van der Waals surface area contributed by atoms with Crippen LogP contribution in [0.4, 0.5) is 17.6 Å². The van der Waals surface area contributed by atoms with Crippen LogP contribution in [0.1, 0.15) is 15.9 Å². The largest absolute Gasteiger partial charge is 0.411 e. The number of oxime groups is 1. The molecule has 0 heterocycles. The maximum Gasteiger partial charge on any atom is 0.154 e. The molecule has 1 N–H and O–H groups in total. The Kier molecular flexibility index (Phi) is 6.99. The molecule has 23 heavy (non-hydrogen) atoms. The molecular weight excluding hydrogens is 361 g/mol. The molecule has 0 unspecified atom stereocenters. The monoisotopic (exact) mass is 367 g/mol. The van der Waals surface area contributed by atoms with Crippen molar-refractivity contribution in [2.75, 3.05) is 0 Å². The lowest BCUT2D eigenvalue weighted by Gasteiger charge is -1.99. The van der Waals surface area contributed by atoms with Gasteiger partial charge in [-0.15, -0.1) is 0 Å². The van der Waals surface area contributed by atoms with E-state index in [0.29, 0.717) is 0 Å². The highest BCUT2D eigenvalue weighted by atomic mass is 35.5. The SMILES string of the molecule is O=Cc1c(F)ccc(F)c1Cl.ON=Cc1c(F)ccc(F)c1Cl. The molecule has 0 aliphatic rings. The second-order valence-corrected chi connectivity index (χ2v) is 4.63. The molecule has 0 amide bonds. The third-order valence-electron chi connectivity index (χ3n) is 2.46. The van der Waals surface area contributed by atoms with Gasteiger partial charge >= 0.3 is 0 Å². The number of nitrogens with zero attached hydrogens (tertiary/aromatic N) is 1. The van der Waals surface area contributed by atoms with Crippen LogP contribution < -0.4 is 0 Å². The van der Waals surface area contributed by atoms with Crippen molar-refractivity contribution in [2.45, 2.75) is 0 Å². The molecule has 2 aromatic rings. The predicted molar refractivity (Wildman–Crippen MR) is 77.5 cm³/mol. The Hall–Kier alpha value is -2.12. The van der Waals surface area contributed by atoms with Crippen LogP contribution in [0.25, 0.3) is 0 Å². The Morgan fingerprint density at radius 3 is 1.61 bits per heavy atom. The Morgan fingerprint density at radius 1 is 0.826 bits per heavy atom. The molecule has 0 saturated heterocycles. The molecule has 0 fully saturated rings. The van der Waals surface area contributed by atoms with E-state index in [1.54, 1.807) is 0 Å². The van der Waals surface area contributed by atoms with Gasteiger partial charge in [0.1, 0.15) is 23.3 Å². The Labute approximate surface area is 137 Å².